The Hall–Kier alpha value is -3.12. The Kier molecular flexibility index (Phi) is 5.59. The minimum absolute atomic E-state index is 0.0425. The molecule has 0 spiro atoms. The number of amides is 2. The number of hydrogen-bond donors (Lipinski definition) is 2. The Morgan fingerprint density at radius 3 is 2.63 bits per heavy atom. The topological polar surface area (TPSA) is 69.6 Å². The zero-order chi connectivity index (χ0) is 21.3. The lowest BCUT2D eigenvalue weighted by Crippen LogP contribution is -2.47. The van der Waals surface area contributed by atoms with Gasteiger partial charge in [-0.3, -0.25) is 9.59 Å². The Bertz CT molecular complexity index is 1060. The largest absolute Gasteiger partial charge is 0.508 e. The second-order valence-corrected chi connectivity index (χ2v) is 8.90. The summed E-state index contributed by atoms with van der Waals surface area (Å²) in [5.74, 6) is -0.454. The van der Waals surface area contributed by atoms with Gasteiger partial charge in [0.15, 0.2) is 0 Å². The second kappa shape index (κ2) is 8.32. The van der Waals surface area contributed by atoms with Crippen molar-refractivity contribution in [2.24, 2.45) is 5.92 Å². The fraction of sp³-hybridized carbons (Fsp3) is 0.250. The standard InChI is InChI=1S/C24H24N2O3S/c1-15(2)14-26-22(20-11-6-12-30-20)21(18-9-3-4-10-19(18)24(26)29)23(28)25-16-7-5-8-17(27)13-16/h3-13,15,21-22,27H,14H2,1-2H3,(H,25,28)/t21-,22+/m0/s1. The lowest BCUT2D eigenvalue weighted by molar-refractivity contribution is -0.119. The molecular formula is C24H24N2O3S. The van der Waals surface area contributed by atoms with Gasteiger partial charge in [-0.15, -0.1) is 11.3 Å². The number of rotatable bonds is 5. The normalized spacial score (nSPS) is 18.4. The second-order valence-electron chi connectivity index (χ2n) is 7.92. The maximum atomic E-state index is 13.6. The SMILES string of the molecule is CC(C)CN1C(=O)c2ccccc2[C@H](C(=O)Nc2cccc(O)c2)[C@H]1c1cccs1. The van der Waals surface area contributed by atoms with Gasteiger partial charge in [0.1, 0.15) is 5.75 Å². The van der Waals surface area contributed by atoms with E-state index in [9.17, 15) is 14.7 Å². The number of aromatic hydroxyl groups is 1. The van der Waals surface area contributed by atoms with Crippen molar-refractivity contribution in [3.8, 4) is 5.75 Å². The molecule has 5 nitrogen and oxygen atoms in total. The van der Waals surface area contributed by atoms with Crippen molar-refractivity contribution < 1.29 is 14.7 Å². The fourth-order valence-corrected chi connectivity index (χ4v) is 4.92. The Labute approximate surface area is 180 Å². The van der Waals surface area contributed by atoms with Gasteiger partial charge in [-0.25, -0.2) is 0 Å². The highest BCUT2D eigenvalue weighted by atomic mass is 32.1. The van der Waals surface area contributed by atoms with Crippen LogP contribution in [0.3, 0.4) is 0 Å². The first-order chi connectivity index (χ1) is 14.5. The molecule has 4 rings (SSSR count). The highest BCUT2D eigenvalue weighted by Gasteiger charge is 2.44. The number of carbonyl (C=O) groups is 2. The van der Waals surface area contributed by atoms with Gasteiger partial charge in [-0.2, -0.15) is 0 Å². The highest BCUT2D eigenvalue weighted by Crippen LogP contribution is 2.45. The molecule has 30 heavy (non-hydrogen) atoms. The number of nitrogens with zero attached hydrogens (tertiary/aromatic N) is 1. The van der Waals surface area contributed by atoms with Crippen LogP contribution in [0.15, 0.2) is 66.0 Å². The maximum absolute atomic E-state index is 13.6. The van der Waals surface area contributed by atoms with Crippen LogP contribution in [-0.4, -0.2) is 28.4 Å². The molecule has 6 heteroatoms. The molecule has 1 aliphatic heterocycles. The number of thiophene rings is 1. The summed E-state index contributed by atoms with van der Waals surface area (Å²) in [6, 6.07) is 17.4. The number of phenolic OH excluding ortho intramolecular Hbond substituents is 1. The Morgan fingerprint density at radius 1 is 1.13 bits per heavy atom. The molecule has 2 amide bonds. The molecule has 0 unspecified atom stereocenters. The lowest BCUT2D eigenvalue weighted by Gasteiger charge is -2.42. The van der Waals surface area contributed by atoms with E-state index in [1.807, 2.05) is 40.6 Å². The average Bonchev–Trinajstić information content (AvgIpc) is 3.24. The summed E-state index contributed by atoms with van der Waals surface area (Å²) in [6.45, 7) is 4.70. The van der Waals surface area contributed by atoms with Crippen molar-refractivity contribution in [2.45, 2.75) is 25.8 Å². The molecule has 0 bridgehead atoms. The van der Waals surface area contributed by atoms with E-state index < -0.39 is 5.92 Å². The van der Waals surface area contributed by atoms with Crippen molar-refractivity contribution >= 4 is 28.8 Å². The van der Waals surface area contributed by atoms with E-state index in [0.717, 1.165) is 10.4 Å². The monoisotopic (exact) mass is 420 g/mol. The molecule has 2 heterocycles. The minimum atomic E-state index is -0.557. The van der Waals surface area contributed by atoms with Gasteiger partial charge >= 0.3 is 0 Å². The molecule has 0 fully saturated rings. The van der Waals surface area contributed by atoms with Crippen LogP contribution >= 0.6 is 11.3 Å². The zero-order valence-electron chi connectivity index (χ0n) is 16.9. The number of fused-ring (bicyclic) bond motifs is 1. The van der Waals surface area contributed by atoms with Crippen LogP contribution in [0.25, 0.3) is 0 Å². The summed E-state index contributed by atoms with van der Waals surface area (Å²) in [6.07, 6.45) is 0. The summed E-state index contributed by atoms with van der Waals surface area (Å²) in [4.78, 5) is 29.8. The molecular weight excluding hydrogens is 396 g/mol. The van der Waals surface area contributed by atoms with Crippen LogP contribution < -0.4 is 5.32 Å². The number of anilines is 1. The third-order valence-electron chi connectivity index (χ3n) is 5.23. The van der Waals surface area contributed by atoms with E-state index in [-0.39, 0.29) is 29.5 Å². The molecule has 1 aromatic heterocycles. The molecule has 3 aromatic rings. The summed E-state index contributed by atoms with van der Waals surface area (Å²) in [7, 11) is 0. The third-order valence-corrected chi connectivity index (χ3v) is 6.17. The van der Waals surface area contributed by atoms with E-state index in [1.54, 1.807) is 35.6 Å². The van der Waals surface area contributed by atoms with Crippen LogP contribution in [0.1, 0.15) is 46.6 Å². The number of carbonyl (C=O) groups excluding carboxylic acids is 2. The van der Waals surface area contributed by atoms with Gasteiger partial charge in [0, 0.05) is 28.7 Å². The smallest absolute Gasteiger partial charge is 0.254 e. The van der Waals surface area contributed by atoms with Gasteiger partial charge in [0.2, 0.25) is 5.91 Å². The number of hydrogen-bond acceptors (Lipinski definition) is 4. The summed E-state index contributed by atoms with van der Waals surface area (Å²) in [5, 5.41) is 14.7. The molecule has 0 radical (unpaired) electrons. The van der Waals surface area contributed by atoms with Crippen LogP contribution in [-0.2, 0) is 4.79 Å². The van der Waals surface area contributed by atoms with Crippen molar-refractivity contribution in [3.05, 3.63) is 82.0 Å². The van der Waals surface area contributed by atoms with Gasteiger partial charge in [-0.05, 0) is 41.1 Å². The quantitative estimate of drug-likeness (QED) is 0.608. The summed E-state index contributed by atoms with van der Waals surface area (Å²) in [5.41, 5.74) is 1.83. The molecule has 0 aliphatic carbocycles. The van der Waals surface area contributed by atoms with Crippen molar-refractivity contribution in [1.29, 1.82) is 0 Å². The lowest BCUT2D eigenvalue weighted by atomic mass is 9.81. The van der Waals surface area contributed by atoms with Crippen LogP contribution in [0.2, 0.25) is 0 Å². The molecule has 2 N–H and O–H groups in total. The van der Waals surface area contributed by atoms with E-state index in [4.69, 9.17) is 0 Å². The molecule has 2 aromatic carbocycles. The van der Waals surface area contributed by atoms with E-state index in [1.165, 1.54) is 6.07 Å². The zero-order valence-corrected chi connectivity index (χ0v) is 17.7. The molecule has 0 saturated heterocycles. The van der Waals surface area contributed by atoms with E-state index >= 15 is 0 Å². The predicted molar refractivity (Wildman–Crippen MR) is 119 cm³/mol. The first-order valence-corrected chi connectivity index (χ1v) is 10.9. The van der Waals surface area contributed by atoms with Crippen LogP contribution in [0.4, 0.5) is 5.69 Å². The molecule has 0 saturated carbocycles. The van der Waals surface area contributed by atoms with Crippen molar-refractivity contribution in [2.75, 3.05) is 11.9 Å². The van der Waals surface area contributed by atoms with Gasteiger partial charge in [0.05, 0.1) is 12.0 Å². The molecule has 2 atom stereocenters. The summed E-state index contributed by atoms with van der Waals surface area (Å²) < 4.78 is 0. The van der Waals surface area contributed by atoms with E-state index in [2.05, 4.69) is 19.2 Å². The summed E-state index contributed by atoms with van der Waals surface area (Å²) >= 11 is 1.55. The maximum Gasteiger partial charge on any atom is 0.254 e. The highest BCUT2D eigenvalue weighted by molar-refractivity contribution is 7.10. The molecule has 154 valence electrons. The first-order valence-electron chi connectivity index (χ1n) is 9.99. The average molecular weight is 421 g/mol. The first kappa shape index (κ1) is 20.2. The van der Waals surface area contributed by atoms with Crippen LogP contribution in [0, 0.1) is 5.92 Å². The van der Waals surface area contributed by atoms with Crippen molar-refractivity contribution in [1.82, 2.24) is 4.90 Å². The number of benzene rings is 2. The van der Waals surface area contributed by atoms with Crippen LogP contribution in [0.5, 0.6) is 5.75 Å². The predicted octanol–water partition coefficient (Wildman–Crippen LogP) is 5.03. The van der Waals surface area contributed by atoms with Gasteiger partial charge < -0.3 is 15.3 Å². The van der Waals surface area contributed by atoms with Gasteiger partial charge in [-0.1, -0.05) is 44.2 Å². The molecule has 1 aliphatic rings. The fourth-order valence-electron chi connectivity index (χ4n) is 4.05. The van der Waals surface area contributed by atoms with Crippen molar-refractivity contribution in [3.63, 3.8) is 0 Å². The Balaban J connectivity index is 1.82. The van der Waals surface area contributed by atoms with Gasteiger partial charge in [0.25, 0.3) is 5.91 Å². The minimum Gasteiger partial charge on any atom is -0.508 e. The number of nitrogens with one attached hydrogen (secondary N) is 1. The Morgan fingerprint density at radius 2 is 1.93 bits per heavy atom. The number of phenols is 1. The third kappa shape index (κ3) is 3.83. The van der Waals surface area contributed by atoms with E-state index in [0.29, 0.717) is 17.8 Å².